The summed E-state index contributed by atoms with van der Waals surface area (Å²) in [5.41, 5.74) is -4.16. The number of hydrogen-bond acceptors (Lipinski definition) is 3. The number of carbonyl (C=O) groups is 1. The van der Waals surface area contributed by atoms with Crippen LogP contribution in [0.4, 0.5) is 32.0 Å². The Balaban J connectivity index is 1.89. The fourth-order valence-electron chi connectivity index (χ4n) is 3.71. The lowest BCUT2D eigenvalue weighted by Crippen LogP contribution is -2.48. The number of alkyl halides is 6. The molecular weight excluding hydrogens is 462 g/mol. The fraction of sp³-hybridized carbons (Fsp3) is 0.381. The highest BCUT2D eigenvalue weighted by Gasteiger charge is 2.55. The average molecular weight is 481 g/mol. The molecule has 4 nitrogen and oxygen atoms in total. The Hall–Kier alpha value is -2.46. The molecule has 0 fully saturated rings. The number of benzene rings is 2. The average Bonchev–Trinajstić information content (AvgIpc) is 3.05. The molecule has 2 aromatic carbocycles. The lowest BCUT2D eigenvalue weighted by atomic mass is 9.91. The quantitative estimate of drug-likeness (QED) is 0.506. The van der Waals surface area contributed by atoms with Gasteiger partial charge < -0.3 is 15.7 Å². The molecule has 2 aromatic rings. The number of carbonyl (C=O) groups excluding carboxylic acids is 1. The van der Waals surface area contributed by atoms with E-state index in [0.717, 1.165) is 11.1 Å². The first-order chi connectivity index (χ1) is 14.7. The number of nitrogens with one attached hydrogen (secondary N) is 2. The minimum absolute atomic E-state index is 0.198. The van der Waals surface area contributed by atoms with Crippen LogP contribution in [0.25, 0.3) is 0 Å². The van der Waals surface area contributed by atoms with Crippen LogP contribution in [0.15, 0.2) is 36.4 Å². The molecular formula is C21H19ClF6N2O2. The van der Waals surface area contributed by atoms with E-state index in [1.807, 2.05) is 0 Å². The van der Waals surface area contributed by atoms with Gasteiger partial charge in [-0.1, -0.05) is 17.7 Å². The molecule has 0 unspecified atom stereocenters. The second-order valence-corrected chi connectivity index (χ2v) is 8.08. The second-order valence-electron chi connectivity index (χ2n) is 7.64. The summed E-state index contributed by atoms with van der Waals surface area (Å²) in [6.07, 6.45) is -9.01. The molecule has 32 heavy (non-hydrogen) atoms. The summed E-state index contributed by atoms with van der Waals surface area (Å²) in [4.78, 5) is 11.3. The third kappa shape index (κ3) is 4.96. The van der Waals surface area contributed by atoms with Crippen LogP contribution in [0.2, 0.25) is 5.02 Å². The molecule has 2 atom stereocenters. The fourth-order valence-corrected chi connectivity index (χ4v) is 3.95. The SMILES string of the molecule is CC(=O)N[C@H]1CCc2cc(NC[C@](O)(c3cc(Cl)cc(C(F)(F)F)c3)C(F)(F)F)ccc21. The largest absolute Gasteiger partial charge is 0.423 e. The maximum atomic E-state index is 13.8. The topological polar surface area (TPSA) is 61.4 Å². The Morgan fingerprint density at radius 3 is 2.34 bits per heavy atom. The van der Waals surface area contributed by atoms with Crippen LogP contribution in [-0.2, 0) is 23.0 Å². The van der Waals surface area contributed by atoms with Crippen molar-refractivity contribution >= 4 is 23.2 Å². The normalized spacial score (nSPS) is 18.1. The predicted octanol–water partition coefficient (Wildman–Crippen LogP) is 5.34. The van der Waals surface area contributed by atoms with E-state index in [1.54, 1.807) is 12.1 Å². The standard InChI is InChI=1S/C21H19ClF6N2O2/c1-11(31)30-18-5-2-12-6-16(3-4-17(12)18)29-10-19(32,21(26,27)28)13-7-14(20(23,24)25)9-15(22)8-13/h3-4,6-9,18,29,32H,2,5,10H2,1H3,(H,30,31)/t18-,19-/m0/s1. The van der Waals surface area contributed by atoms with E-state index >= 15 is 0 Å². The van der Waals surface area contributed by atoms with Crippen LogP contribution in [-0.4, -0.2) is 23.7 Å². The molecule has 1 aliphatic carbocycles. The lowest BCUT2D eigenvalue weighted by molar-refractivity contribution is -0.260. The zero-order valence-corrected chi connectivity index (χ0v) is 17.4. The van der Waals surface area contributed by atoms with Gasteiger partial charge in [0.1, 0.15) is 0 Å². The lowest BCUT2D eigenvalue weighted by Gasteiger charge is -2.32. The van der Waals surface area contributed by atoms with E-state index in [2.05, 4.69) is 10.6 Å². The molecule has 1 amide bonds. The van der Waals surface area contributed by atoms with E-state index in [-0.39, 0.29) is 23.7 Å². The van der Waals surface area contributed by atoms with Gasteiger partial charge >= 0.3 is 12.4 Å². The second kappa shape index (κ2) is 8.47. The monoisotopic (exact) mass is 480 g/mol. The van der Waals surface area contributed by atoms with Gasteiger partial charge in [-0.05, 0) is 59.9 Å². The van der Waals surface area contributed by atoms with E-state index in [9.17, 15) is 36.2 Å². The Morgan fingerprint density at radius 2 is 1.75 bits per heavy atom. The molecule has 3 rings (SSSR count). The number of amides is 1. The van der Waals surface area contributed by atoms with Crippen molar-refractivity contribution in [2.75, 3.05) is 11.9 Å². The molecule has 0 heterocycles. The minimum Gasteiger partial charge on any atom is -0.381 e. The van der Waals surface area contributed by atoms with Crippen molar-refractivity contribution < 1.29 is 36.2 Å². The highest BCUT2D eigenvalue weighted by atomic mass is 35.5. The first kappa shape index (κ1) is 24.2. The van der Waals surface area contributed by atoms with Crippen molar-refractivity contribution in [3.05, 3.63) is 63.7 Å². The maximum Gasteiger partial charge on any atom is 0.423 e. The molecule has 3 N–H and O–H groups in total. The van der Waals surface area contributed by atoms with E-state index in [0.29, 0.717) is 25.0 Å². The summed E-state index contributed by atoms with van der Waals surface area (Å²) in [6, 6.07) is 5.91. The number of aryl methyl sites for hydroxylation is 1. The summed E-state index contributed by atoms with van der Waals surface area (Å²) in [5.74, 6) is -0.208. The number of fused-ring (bicyclic) bond motifs is 1. The number of hydrogen-bond donors (Lipinski definition) is 3. The predicted molar refractivity (Wildman–Crippen MR) is 106 cm³/mol. The van der Waals surface area contributed by atoms with E-state index in [1.165, 1.54) is 13.0 Å². The number of aliphatic hydroxyl groups is 1. The van der Waals surface area contributed by atoms with Crippen LogP contribution in [0.3, 0.4) is 0 Å². The highest BCUT2D eigenvalue weighted by Crippen LogP contribution is 2.42. The van der Waals surface area contributed by atoms with Crippen molar-refractivity contribution in [3.63, 3.8) is 0 Å². The molecule has 1 aliphatic rings. The van der Waals surface area contributed by atoms with Crippen LogP contribution >= 0.6 is 11.6 Å². The van der Waals surface area contributed by atoms with Crippen LogP contribution in [0.5, 0.6) is 0 Å². The van der Waals surface area contributed by atoms with Gasteiger partial charge in [-0.15, -0.1) is 0 Å². The van der Waals surface area contributed by atoms with Crippen molar-refractivity contribution in [1.29, 1.82) is 0 Å². The number of rotatable bonds is 5. The van der Waals surface area contributed by atoms with E-state index in [4.69, 9.17) is 11.6 Å². The zero-order valence-electron chi connectivity index (χ0n) is 16.7. The van der Waals surface area contributed by atoms with Gasteiger partial charge in [0.25, 0.3) is 0 Å². The van der Waals surface area contributed by atoms with Gasteiger partial charge in [-0.3, -0.25) is 4.79 Å². The van der Waals surface area contributed by atoms with Gasteiger partial charge in [-0.2, -0.15) is 26.3 Å². The van der Waals surface area contributed by atoms with Gasteiger partial charge in [0, 0.05) is 17.6 Å². The number of halogens is 7. The number of anilines is 1. The summed E-state index contributed by atoms with van der Waals surface area (Å²) in [5, 5.41) is 15.1. The van der Waals surface area contributed by atoms with Crippen molar-refractivity contribution in [1.82, 2.24) is 5.32 Å². The Kier molecular flexibility index (Phi) is 6.41. The van der Waals surface area contributed by atoms with Crippen LogP contribution in [0.1, 0.15) is 41.6 Å². The van der Waals surface area contributed by atoms with Gasteiger partial charge in [0.15, 0.2) is 0 Å². The van der Waals surface area contributed by atoms with Crippen LogP contribution < -0.4 is 10.6 Å². The maximum absolute atomic E-state index is 13.8. The molecule has 0 aliphatic heterocycles. The van der Waals surface area contributed by atoms with Crippen molar-refractivity contribution in [3.8, 4) is 0 Å². The first-order valence-electron chi connectivity index (χ1n) is 9.52. The Bertz CT molecular complexity index is 1020. The summed E-state index contributed by atoms with van der Waals surface area (Å²) in [6.45, 7) is 0.244. The Labute approximate surface area is 184 Å². The molecule has 0 bridgehead atoms. The Morgan fingerprint density at radius 1 is 1.09 bits per heavy atom. The summed E-state index contributed by atoms with van der Waals surface area (Å²) in [7, 11) is 0. The highest BCUT2D eigenvalue weighted by molar-refractivity contribution is 6.30. The molecule has 0 radical (unpaired) electrons. The van der Waals surface area contributed by atoms with Crippen LogP contribution in [0, 0.1) is 0 Å². The van der Waals surface area contributed by atoms with Gasteiger partial charge in [0.2, 0.25) is 11.5 Å². The minimum atomic E-state index is -5.29. The van der Waals surface area contributed by atoms with Gasteiger partial charge in [-0.25, -0.2) is 0 Å². The third-order valence-corrected chi connectivity index (χ3v) is 5.54. The summed E-state index contributed by atoms with van der Waals surface area (Å²) < 4.78 is 80.5. The molecule has 11 heteroatoms. The summed E-state index contributed by atoms with van der Waals surface area (Å²) >= 11 is 5.61. The molecule has 0 saturated heterocycles. The zero-order chi connectivity index (χ0) is 23.9. The third-order valence-electron chi connectivity index (χ3n) is 5.32. The van der Waals surface area contributed by atoms with Crippen molar-refractivity contribution in [2.24, 2.45) is 0 Å². The molecule has 0 aromatic heterocycles. The molecule has 0 saturated carbocycles. The first-order valence-corrected chi connectivity index (χ1v) is 9.89. The van der Waals surface area contributed by atoms with Crippen molar-refractivity contribution in [2.45, 2.75) is 43.8 Å². The smallest absolute Gasteiger partial charge is 0.381 e. The molecule has 174 valence electrons. The van der Waals surface area contributed by atoms with Gasteiger partial charge in [0.05, 0.1) is 18.2 Å². The van der Waals surface area contributed by atoms with E-state index < -0.39 is 40.6 Å². The molecule has 0 spiro atoms.